The second kappa shape index (κ2) is 7.99. The zero-order valence-electron chi connectivity index (χ0n) is 15.2. The molecule has 0 bridgehead atoms. The summed E-state index contributed by atoms with van der Waals surface area (Å²) >= 11 is 0. The van der Waals surface area contributed by atoms with Gasteiger partial charge in [0.2, 0.25) is 11.8 Å². The number of aromatic nitrogens is 2. The summed E-state index contributed by atoms with van der Waals surface area (Å²) in [6, 6.07) is 0.584. The maximum absolute atomic E-state index is 12.5. The fraction of sp³-hybridized carbons (Fsp3) is 0.722. The molecule has 138 valence electrons. The Labute approximate surface area is 149 Å². The molecule has 1 aliphatic carbocycles. The third-order valence-corrected chi connectivity index (χ3v) is 5.09. The largest absolute Gasteiger partial charge is 0.353 e. The summed E-state index contributed by atoms with van der Waals surface area (Å²) in [6.07, 6.45) is 9.02. The van der Waals surface area contributed by atoms with Crippen molar-refractivity contribution in [3.8, 4) is 0 Å². The summed E-state index contributed by atoms with van der Waals surface area (Å²) < 4.78 is 1.79. The number of carbonyl (C=O) groups is 2. The van der Waals surface area contributed by atoms with Crippen molar-refractivity contribution in [1.82, 2.24) is 25.3 Å². The number of amides is 2. The molecule has 2 aliphatic rings. The van der Waals surface area contributed by atoms with Gasteiger partial charge in [-0.25, -0.2) is 0 Å². The summed E-state index contributed by atoms with van der Waals surface area (Å²) in [5.41, 5.74) is 1.14. The number of aryl methyl sites for hydroxylation is 1. The van der Waals surface area contributed by atoms with Crippen LogP contribution in [-0.4, -0.2) is 52.2 Å². The summed E-state index contributed by atoms with van der Waals surface area (Å²) in [5.74, 6) is -0.0651. The Hall–Kier alpha value is -1.89. The number of nitrogens with one attached hydrogen (secondary N) is 2. The molecule has 1 aromatic heterocycles. The second-order valence-electron chi connectivity index (χ2n) is 7.49. The lowest BCUT2D eigenvalue weighted by molar-refractivity contribution is -0.135. The lowest BCUT2D eigenvalue weighted by Crippen LogP contribution is -2.42. The molecule has 7 heteroatoms. The molecule has 0 unspecified atom stereocenters. The van der Waals surface area contributed by atoms with Crippen molar-refractivity contribution in [3.05, 3.63) is 18.0 Å². The predicted octanol–water partition coefficient (Wildman–Crippen LogP) is 0.806. The van der Waals surface area contributed by atoms with Gasteiger partial charge < -0.3 is 15.5 Å². The SMILES string of the molecule is CN1C[C@H](NCc2cnn(C)c2)CCC[C@@H](C(=O)NC2CC2)CC1=O. The van der Waals surface area contributed by atoms with E-state index in [1.165, 1.54) is 0 Å². The van der Waals surface area contributed by atoms with Gasteiger partial charge in [-0.1, -0.05) is 6.42 Å². The Kier molecular flexibility index (Phi) is 5.73. The quantitative estimate of drug-likeness (QED) is 0.826. The van der Waals surface area contributed by atoms with E-state index in [0.717, 1.165) is 44.2 Å². The van der Waals surface area contributed by atoms with Crippen LogP contribution < -0.4 is 10.6 Å². The molecule has 2 N–H and O–H groups in total. The van der Waals surface area contributed by atoms with Crippen molar-refractivity contribution in [2.75, 3.05) is 13.6 Å². The Morgan fingerprint density at radius 2 is 2.04 bits per heavy atom. The van der Waals surface area contributed by atoms with Crippen LogP contribution in [0.5, 0.6) is 0 Å². The molecule has 1 aliphatic heterocycles. The minimum Gasteiger partial charge on any atom is -0.353 e. The molecule has 25 heavy (non-hydrogen) atoms. The van der Waals surface area contributed by atoms with Gasteiger partial charge in [0.05, 0.1) is 6.20 Å². The first-order chi connectivity index (χ1) is 12.0. The number of rotatable bonds is 5. The van der Waals surface area contributed by atoms with Gasteiger partial charge >= 0.3 is 0 Å². The molecule has 3 rings (SSSR count). The number of likely N-dealkylation sites (N-methyl/N-ethyl adjacent to an activating group) is 1. The molecule has 2 fully saturated rings. The van der Waals surface area contributed by atoms with Gasteiger partial charge in [0.1, 0.15) is 0 Å². The molecule has 2 amide bonds. The van der Waals surface area contributed by atoms with Gasteiger partial charge in [-0.2, -0.15) is 5.10 Å². The third kappa shape index (κ3) is 5.29. The predicted molar refractivity (Wildman–Crippen MR) is 94.6 cm³/mol. The maximum atomic E-state index is 12.5. The van der Waals surface area contributed by atoms with Crippen LogP contribution in [0.25, 0.3) is 0 Å². The number of hydrogen-bond donors (Lipinski definition) is 2. The molecule has 0 radical (unpaired) electrons. The number of nitrogens with zero attached hydrogens (tertiary/aromatic N) is 3. The van der Waals surface area contributed by atoms with Crippen LogP contribution in [0.1, 0.15) is 44.1 Å². The van der Waals surface area contributed by atoms with E-state index in [1.54, 1.807) is 9.58 Å². The topological polar surface area (TPSA) is 79.3 Å². The summed E-state index contributed by atoms with van der Waals surface area (Å²) in [6.45, 7) is 1.42. The minimum absolute atomic E-state index is 0.0611. The average Bonchev–Trinajstić information content (AvgIpc) is 3.28. The minimum atomic E-state index is -0.187. The summed E-state index contributed by atoms with van der Waals surface area (Å²) in [7, 11) is 3.74. The van der Waals surface area contributed by atoms with Gasteiger partial charge in [-0.3, -0.25) is 14.3 Å². The van der Waals surface area contributed by atoms with Crippen LogP contribution in [0.4, 0.5) is 0 Å². The van der Waals surface area contributed by atoms with Gasteiger partial charge in [0.25, 0.3) is 0 Å². The van der Waals surface area contributed by atoms with E-state index < -0.39 is 0 Å². The fourth-order valence-electron chi connectivity index (χ4n) is 3.37. The van der Waals surface area contributed by atoms with Crippen molar-refractivity contribution in [1.29, 1.82) is 0 Å². The molecule has 1 saturated carbocycles. The molecule has 1 saturated heterocycles. The van der Waals surface area contributed by atoms with E-state index in [0.29, 0.717) is 19.0 Å². The normalized spacial score (nSPS) is 25.2. The zero-order valence-corrected chi connectivity index (χ0v) is 15.2. The van der Waals surface area contributed by atoms with Gasteiger partial charge in [0.15, 0.2) is 0 Å². The highest BCUT2D eigenvalue weighted by Gasteiger charge is 2.30. The molecular weight excluding hydrogens is 318 g/mol. The van der Waals surface area contributed by atoms with Crippen LogP contribution in [0.15, 0.2) is 12.4 Å². The van der Waals surface area contributed by atoms with E-state index in [2.05, 4.69) is 15.7 Å². The molecule has 2 atom stereocenters. The van der Waals surface area contributed by atoms with E-state index in [-0.39, 0.29) is 23.8 Å². The lowest BCUT2D eigenvalue weighted by atomic mass is 9.96. The fourth-order valence-corrected chi connectivity index (χ4v) is 3.37. The average molecular weight is 347 g/mol. The molecule has 7 nitrogen and oxygen atoms in total. The third-order valence-electron chi connectivity index (χ3n) is 5.09. The van der Waals surface area contributed by atoms with Crippen LogP contribution in [0.3, 0.4) is 0 Å². The smallest absolute Gasteiger partial charge is 0.223 e. The molecule has 2 heterocycles. The molecular formula is C18H29N5O2. The van der Waals surface area contributed by atoms with Gasteiger partial charge in [-0.05, 0) is 25.7 Å². The highest BCUT2D eigenvalue weighted by atomic mass is 16.2. The van der Waals surface area contributed by atoms with Crippen molar-refractivity contribution < 1.29 is 9.59 Å². The Bertz CT molecular complexity index is 610. The first kappa shape index (κ1) is 17.9. The van der Waals surface area contributed by atoms with Crippen molar-refractivity contribution in [2.24, 2.45) is 13.0 Å². The van der Waals surface area contributed by atoms with Gasteiger partial charge in [0, 0.05) is 63.4 Å². The second-order valence-corrected chi connectivity index (χ2v) is 7.49. The van der Waals surface area contributed by atoms with E-state index in [4.69, 9.17) is 0 Å². The summed E-state index contributed by atoms with van der Waals surface area (Å²) in [4.78, 5) is 26.6. The maximum Gasteiger partial charge on any atom is 0.223 e. The standard InChI is InChI=1S/C18H29N5O2/c1-22-12-16(19-9-13-10-20-23(2)11-13)5-3-4-14(8-17(22)24)18(25)21-15-6-7-15/h10-11,14-16,19H,3-9,12H2,1-2H3,(H,21,25)/t14-,16-/m1/s1. The molecule has 1 aromatic rings. The monoisotopic (exact) mass is 347 g/mol. The zero-order chi connectivity index (χ0) is 17.8. The molecule has 0 aromatic carbocycles. The van der Waals surface area contributed by atoms with Crippen molar-refractivity contribution >= 4 is 11.8 Å². The Morgan fingerprint density at radius 3 is 2.72 bits per heavy atom. The first-order valence-corrected chi connectivity index (χ1v) is 9.26. The highest BCUT2D eigenvalue weighted by Crippen LogP contribution is 2.23. The highest BCUT2D eigenvalue weighted by molar-refractivity contribution is 5.86. The Morgan fingerprint density at radius 1 is 1.24 bits per heavy atom. The van der Waals surface area contributed by atoms with E-state index in [9.17, 15) is 9.59 Å². The van der Waals surface area contributed by atoms with Crippen LogP contribution in [0, 0.1) is 5.92 Å². The van der Waals surface area contributed by atoms with Gasteiger partial charge in [-0.15, -0.1) is 0 Å². The summed E-state index contributed by atoms with van der Waals surface area (Å²) in [5, 5.41) is 10.8. The van der Waals surface area contributed by atoms with Crippen molar-refractivity contribution in [2.45, 2.75) is 57.2 Å². The first-order valence-electron chi connectivity index (χ1n) is 9.26. The van der Waals surface area contributed by atoms with Crippen molar-refractivity contribution in [3.63, 3.8) is 0 Å². The van der Waals surface area contributed by atoms with Crippen LogP contribution in [-0.2, 0) is 23.2 Å². The number of carbonyl (C=O) groups excluding carboxylic acids is 2. The lowest BCUT2D eigenvalue weighted by Gasteiger charge is -2.24. The van der Waals surface area contributed by atoms with Crippen LogP contribution in [0.2, 0.25) is 0 Å². The molecule has 0 spiro atoms. The van der Waals surface area contributed by atoms with E-state index in [1.807, 2.05) is 26.5 Å². The van der Waals surface area contributed by atoms with E-state index >= 15 is 0 Å². The van der Waals surface area contributed by atoms with Crippen LogP contribution >= 0.6 is 0 Å². The Balaban J connectivity index is 1.55. The number of hydrogen-bond acceptors (Lipinski definition) is 4.